The Morgan fingerprint density at radius 3 is 2.70 bits per heavy atom. The second kappa shape index (κ2) is 6.26. The lowest BCUT2D eigenvalue weighted by molar-refractivity contribution is 0.395. The van der Waals surface area contributed by atoms with Crippen molar-refractivity contribution in [3.8, 4) is 17.6 Å². The second-order valence-corrected chi connectivity index (χ2v) is 4.77. The summed E-state index contributed by atoms with van der Waals surface area (Å²) < 4.78 is 11.2. The zero-order chi connectivity index (χ0) is 14.5. The van der Waals surface area contributed by atoms with Crippen molar-refractivity contribution in [2.75, 3.05) is 19.5 Å². The number of benzene rings is 1. The van der Waals surface area contributed by atoms with Gasteiger partial charge in [-0.05, 0) is 34.1 Å². The highest BCUT2D eigenvalue weighted by atomic mass is 79.9. The minimum atomic E-state index is 0.442. The fourth-order valence-electron chi connectivity index (χ4n) is 1.65. The zero-order valence-corrected chi connectivity index (χ0v) is 12.6. The molecule has 102 valence electrons. The molecule has 0 aliphatic rings. The Kier molecular flexibility index (Phi) is 4.43. The lowest BCUT2D eigenvalue weighted by atomic mass is 10.2. The largest absolute Gasteiger partial charge is 0.497 e. The third-order valence-corrected chi connectivity index (χ3v) is 3.07. The highest BCUT2D eigenvalue weighted by Gasteiger charge is 2.09. The van der Waals surface area contributed by atoms with E-state index in [1.54, 1.807) is 38.6 Å². The summed E-state index contributed by atoms with van der Waals surface area (Å²) in [5, 5.41) is 12.2. The van der Waals surface area contributed by atoms with Gasteiger partial charge in [0.15, 0.2) is 0 Å². The third-order valence-electron chi connectivity index (χ3n) is 2.64. The Morgan fingerprint density at radius 1 is 1.25 bits per heavy atom. The molecule has 0 aliphatic heterocycles. The molecule has 2 aromatic rings. The van der Waals surface area contributed by atoms with Crippen LogP contribution in [0.2, 0.25) is 0 Å². The lowest BCUT2D eigenvalue weighted by Crippen LogP contribution is -1.99. The Balaban J connectivity index is 2.37. The highest BCUT2D eigenvalue weighted by molar-refractivity contribution is 9.10. The van der Waals surface area contributed by atoms with Gasteiger partial charge in [-0.2, -0.15) is 5.26 Å². The Labute approximate surface area is 125 Å². The maximum absolute atomic E-state index is 9.13. The van der Waals surface area contributed by atoms with Crippen LogP contribution in [0.1, 0.15) is 5.56 Å². The van der Waals surface area contributed by atoms with Crippen LogP contribution in [0.15, 0.2) is 34.9 Å². The predicted molar refractivity (Wildman–Crippen MR) is 79.5 cm³/mol. The van der Waals surface area contributed by atoms with Gasteiger partial charge < -0.3 is 14.8 Å². The molecular formula is C14H12BrN3O2. The Morgan fingerprint density at radius 2 is 2.05 bits per heavy atom. The summed E-state index contributed by atoms with van der Waals surface area (Å²) >= 11 is 3.29. The number of nitrogens with zero attached hydrogens (tertiary/aromatic N) is 2. The fraction of sp³-hybridized carbons (Fsp3) is 0.143. The number of methoxy groups -OCH3 is 2. The van der Waals surface area contributed by atoms with E-state index in [1.165, 1.54) is 0 Å². The van der Waals surface area contributed by atoms with Crippen LogP contribution < -0.4 is 14.8 Å². The molecule has 20 heavy (non-hydrogen) atoms. The van der Waals surface area contributed by atoms with E-state index < -0.39 is 0 Å². The highest BCUT2D eigenvalue weighted by Crippen LogP contribution is 2.32. The molecule has 2 rings (SSSR count). The van der Waals surface area contributed by atoms with Gasteiger partial charge in [0.1, 0.15) is 23.4 Å². The number of hydrogen-bond acceptors (Lipinski definition) is 5. The molecule has 0 bridgehead atoms. The number of pyridine rings is 1. The molecule has 0 unspecified atom stereocenters. The molecule has 6 heteroatoms. The van der Waals surface area contributed by atoms with E-state index in [0.29, 0.717) is 28.6 Å². The van der Waals surface area contributed by atoms with Gasteiger partial charge in [-0.3, -0.25) is 0 Å². The van der Waals surface area contributed by atoms with Gasteiger partial charge in [-0.15, -0.1) is 0 Å². The molecule has 0 aliphatic carbocycles. The monoisotopic (exact) mass is 333 g/mol. The van der Waals surface area contributed by atoms with Gasteiger partial charge in [-0.25, -0.2) is 4.98 Å². The van der Waals surface area contributed by atoms with E-state index in [4.69, 9.17) is 14.7 Å². The zero-order valence-electron chi connectivity index (χ0n) is 11.0. The SMILES string of the molecule is COc1ccc(Nc2ncc(Br)cc2C#N)c(OC)c1. The molecule has 1 aromatic carbocycles. The number of aromatic nitrogens is 1. The van der Waals surface area contributed by atoms with Gasteiger partial charge in [-0.1, -0.05) is 0 Å². The summed E-state index contributed by atoms with van der Waals surface area (Å²) in [5.74, 6) is 1.77. The van der Waals surface area contributed by atoms with Crippen molar-refractivity contribution >= 4 is 27.4 Å². The normalized spacial score (nSPS) is 9.70. The van der Waals surface area contributed by atoms with E-state index in [0.717, 1.165) is 4.47 Å². The number of nitrogens with one attached hydrogen (secondary N) is 1. The average Bonchev–Trinajstić information content (AvgIpc) is 2.49. The van der Waals surface area contributed by atoms with Crippen LogP contribution in [0.3, 0.4) is 0 Å². The van der Waals surface area contributed by atoms with Crippen molar-refractivity contribution < 1.29 is 9.47 Å². The Hall–Kier alpha value is -2.26. The summed E-state index contributed by atoms with van der Waals surface area (Å²) in [4.78, 5) is 4.20. The van der Waals surface area contributed by atoms with Crippen molar-refractivity contribution in [1.82, 2.24) is 4.98 Å². The van der Waals surface area contributed by atoms with Crippen LogP contribution in [0.25, 0.3) is 0 Å². The van der Waals surface area contributed by atoms with E-state index in [1.807, 2.05) is 6.07 Å². The standard InChI is InChI=1S/C14H12BrN3O2/c1-19-11-3-4-12(13(6-11)20-2)18-14-9(7-16)5-10(15)8-17-14/h3-6,8H,1-2H3,(H,17,18). The molecule has 0 radical (unpaired) electrons. The number of halogens is 1. The summed E-state index contributed by atoms with van der Waals surface area (Å²) in [7, 11) is 3.16. The molecule has 0 spiro atoms. The van der Waals surface area contributed by atoms with E-state index in [-0.39, 0.29) is 0 Å². The van der Waals surface area contributed by atoms with Crippen molar-refractivity contribution in [2.45, 2.75) is 0 Å². The van der Waals surface area contributed by atoms with Crippen molar-refractivity contribution in [1.29, 1.82) is 5.26 Å². The maximum Gasteiger partial charge on any atom is 0.148 e. The maximum atomic E-state index is 9.13. The summed E-state index contributed by atoms with van der Waals surface area (Å²) in [6, 6.07) is 9.16. The molecule has 0 fully saturated rings. The number of anilines is 2. The molecule has 1 heterocycles. The first-order valence-electron chi connectivity index (χ1n) is 5.72. The first-order valence-corrected chi connectivity index (χ1v) is 6.52. The van der Waals surface area contributed by atoms with E-state index >= 15 is 0 Å². The smallest absolute Gasteiger partial charge is 0.148 e. The predicted octanol–water partition coefficient (Wildman–Crippen LogP) is 3.48. The van der Waals surface area contributed by atoms with Crippen molar-refractivity contribution in [2.24, 2.45) is 0 Å². The molecular weight excluding hydrogens is 322 g/mol. The van der Waals surface area contributed by atoms with Crippen LogP contribution in [0.4, 0.5) is 11.5 Å². The topological polar surface area (TPSA) is 67.2 Å². The molecule has 1 aromatic heterocycles. The number of rotatable bonds is 4. The van der Waals surface area contributed by atoms with E-state index in [9.17, 15) is 0 Å². The molecule has 0 saturated heterocycles. The van der Waals surface area contributed by atoms with Crippen LogP contribution in [0, 0.1) is 11.3 Å². The number of hydrogen-bond donors (Lipinski definition) is 1. The quantitative estimate of drug-likeness (QED) is 0.927. The summed E-state index contributed by atoms with van der Waals surface area (Å²) in [5.41, 5.74) is 1.15. The molecule has 1 N–H and O–H groups in total. The molecule has 0 saturated carbocycles. The first kappa shape index (κ1) is 14.2. The fourth-order valence-corrected chi connectivity index (χ4v) is 1.98. The molecule has 0 amide bonds. The van der Waals surface area contributed by atoms with Gasteiger partial charge in [0, 0.05) is 16.7 Å². The lowest BCUT2D eigenvalue weighted by Gasteiger charge is -2.12. The number of nitriles is 1. The minimum Gasteiger partial charge on any atom is -0.497 e. The first-order chi connectivity index (χ1) is 9.67. The molecule has 0 atom stereocenters. The van der Waals surface area contributed by atoms with Gasteiger partial charge in [0.25, 0.3) is 0 Å². The van der Waals surface area contributed by atoms with Crippen molar-refractivity contribution in [3.05, 3.63) is 40.5 Å². The van der Waals surface area contributed by atoms with Gasteiger partial charge in [0.2, 0.25) is 0 Å². The third kappa shape index (κ3) is 3.00. The van der Waals surface area contributed by atoms with Gasteiger partial charge >= 0.3 is 0 Å². The van der Waals surface area contributed by atoms with Crippen LogP contribution in [-0.4, -0.2) is 19.2 Å². The number of ether oxygens (including phenoxy) is 2. The Bertz CT molecular complexity index is 668. The second-order valence-electron chi connectivity index (χ2n) is 3.85. The van der Waals surface area contributed by atoms with E-state index in [2.05, 4.69) is 32.3 Å². The van der Waals surface area contributed by atoms with Crippen LogP contribution >= 0.6 is 15.9 Å². The molecule has 5 nitrogen and oxygen atoms in total. The minimum absolute atomic E-state index is 0.442. The van der Waals surface area contributed by atoms with Crippen molar-refractivity contribution in [3.63, 3.8) is 0 Å². The average molecular weight is 334 g/mol. The van der Waals surface area contributed by atoms with Crippen LogP contribution in [-0.2, 0) is 0 Å². The summed E-state index contributed by atoms with van der Waals surface area (Å²) in [6.45, 7) is 0. The van der Waals surface area contributed by atoms with Crippen LogP contribution in [0.5, 0.6) is 11.5 Å². The summed E-state index contributed by atoms with van der Waals surface area (Å²) in [6.07, 6.45) is 1.62. The van der Waals surface area contributed by atoms with Gasteiger partial charge in [0.05, 0.1) is 25.5 Å².